The summed E-state index contributed by atoms with van der Waals surface area (Å²) >= 11 is 0. The number of amides is 1. The maximum Gasteiger partial charge on any atom is 0.427 e. The molecule has 2 rings (SSSR count). The van der Waals surface area contributed by atoms with Gasteiger partial charge < -0.3 is 9.84 Å². The second kappa shape index (κ2) is 7.95. The number of carbonyl (C=O) groups excluding carboxylic acids is 1. The van der Waals surface area contributed by atoms with Gasteiger partial charge in [0.1, 0.15) is 11.8 Å². The van der Waals surface area contributed by atoms with Crippen LogP contribution in [0.1, 0.15) is 24.2 Å². The molecule has 0 spiro atoms. The van der Waals surface area contributed by atoms with Gasteiger partial charge in [-0.1, -0.05) is 60.7 Å². The van der Waals surface area contributed by atoms with Crippen LogP contribution in [0.2, 0.25) is 0 Å². The molecule has 0 heterocycles. The van der Waals surface area contributed by atoms with Gasteiger partial charge in [-0.15, -0.1) is 0 Å². The highest BCUT2D eigenvalue weighted by Crippen LogP contribution is 2.18. The fourth-order valence-electron chi connectivity index (χ4n) is 1.95. The molecule has 2 N–H and O–H groups in total. The van der Waals surface area contributed by atoms with E-state index in [4.69, 9.17) is 4.74 Å². The number of aliphatic hydroxyl groups is 1. The third kappa shape index (κ3) is 4.17. The van der Waals surface area contributed by atoms with Gasteiger partial charge in [0, 0.05) is 5.56 Å². The summed E-state index contributed by atoms with van der Waals surface area (Å²) in [6, 6.07) is 18.3. The number of hydrazone groups is 1. The molecule has 2 aromatic carbocycles. The molecule has 5 heteroatoms. The monoisotopic (exact) mass is 298 g/mol. The summed E-state index contributed by atoms with van der Waals surface area (Å²) in [5, 5.41) is 14.6. The van der Waals surface area contributed by atoms with E-state index < -0.39 is 12.2 Å². The number of hydrogen-bond donors (Lipinski definition) is 2. The van der Waals surface area contributed by atoms with E-state index in [9.17, 15) is 9.90 Å². The Morgan fingerprint density at radius 3 is 2.32 bits per heavy atom. The molecule has 0 aromatic heterocycles. The van der Waals surface area contributed by atoms with Crippen molar-refractivity contribution < 1.29 is 14.6 Å². The van der Waals surface area contributed by atoms with Crippen molar-refractivity contribution in [2.24, 2.45) is 5.10 Å². The van der Waals surface area contributed by atoms with E-state index in [1.165, 1.54) is 0 Å². The Hall–Kier alpha value is -2.66. The number of benzene rings is 2. The van der Waals surface area contributed by atoms with Crippen molar-refractivity contribution in [3.05, 3.63) is 71.8 Å². The average Bonchev–Trinajstić information content (AvgIpc) is 2.57. The summed E-state index contributed by atoms with van der Waals surface area (Å²) in [7, 11) is 0. The van der Waals surface area contributed by atoms with Crippen molar-refractivity contribution >= 4 is 11.8 Å². The number of aliphatic hydroxyl groups excluding tert-OH is 1. The zero-order valence-corrected chi connectivity index (χ0v) is 12.3. The Kier molecular flexibility index (Phi) is 5.68. The second-order valence-electron chi connectivity index (χ2n) is 4.51. The molecule has 0 fully saturated rings. The van der Waals surface area contributed by atoms with Crippen LogP contribution in [0.15, 0.2) is 65.8 Å². The van der Waals surface area contributed by atoms with E-state index in [1.54, 1.807) is 19.1 Å². The maximum atomic E-state index is 11.4. The van der Waals surface area contributed by atoms with Crippen molar-refractivity contribution in [1.82, 2.24) is 5.43 Å². The van der Waals surface area contributed by atoms with Crippen LogP contribution in [-0.2, 0) is 4.74 Å². The third-order valence-corrected chi connectivity index (χ3v) is 2.99. The lowest BCUT2D eigenvalue weighted by atomic mass is 9.99. The smallest absolute Gasteiger partial charge is 0.427 e. The lowest BCUT2D eigenvalue weighted by molar-refractivity contribution is 0.152. The van der Waals surface area contributed by atoms with E-state index >= 15 is 0 Å². The first-order valence-corrected chi connectivity index (χ1v) is 7.01. The van der Waals surface area contributed by atoms with Crippen LogP contribution in [0.3, 0.4) is 0 Å². The Morgan fingerprint density at radius 2 is 1.73 bits per heavy atom. The number of hydrogen-bond acceptors (Lipinski definition) is 4. The molecule has 0 radical (unpaired) electrons. The molecule has 1 amide bonds. The van der Waals surface area contributed by atoms with Gasteiger partial charge in [0.15, 0.2) is 0 Å². The Morgan fingerprint density at radius 1 is 1.14 bits per heavy atom. The van der Waals surface area contributed by atoms with Crippen molar-refractivity contribution in [2.75, 3.05) is 6.61 Å². The van der Waals surface area contributed by atoms with Gasteiger partial charge in [-0.3, -0.25) is 0 Å². The van der Waals surface area contributed by atoms with Crippen LogP contribution >= 0.6 is 0 Å². The molecular formula is C17H18N2O3. The molecule has 22 heavy (non-hydrogen) atoms. The molecule has 0 aliphatic heterocycles. The summed E-state index contributed by atoms with van der Waals surface area (Å²) in [4.78, 5) is 11.4. The second-order valence-corrected chi connectivity index (χ2v) is 4.51. The first-order chi connectivity index (χ1) is 10.7. The van der Waals surface area contributed by atoms with Crippen LogP contribution in [0.5, 0.6) is 0 Å². The fraction of sp³-hybridized carbons (Fsp3) is 0.176. The van der Waals surface area contributed by atoms with Gasteiger partial charge in [0.05, 0.1) is 6.61 Å². The molecule has 114 valence electrons. The van der Waals surface area contributed by atoms with Crippen LogP contribution < -0.4 is 5.43 Å². The summed E-state index contributed by atoms with van der Waals surface area (Å²) in [5.41, 5.74) is 4.06. The van der Waals surface area contributed by atoms with Crippen LogP contribution in [0.25, 0.3) is 0 Å². The lowest BCUT2D eigenvalue weighted by Gasteiger charge is -2.14. The summed E-state index contributed by atoms with van der Waals surface area (Å²) < 4.78 is 4.77. The minimum Gasteiger partial charge on any atom is -0.449 e. The van der Waals surface area contributed by atoms with E-state index in [2.05, 4.69) is 10.5 Å². The number of nitrogens with one attached hydrogen (secondary N) is 1. The van der Waals surface area contributed by atoms with Crippen molar-refractivity contribution in [3.63, 3.8) is 0 Å². The highest BCUT2D eigenvalue weighted by atomic mass is 16.5. The molecule has 0 saturated heterocycles. The standard InChI is InChI=1S/C17H18N2O3/c1-2-22-17(21)19-18-15(13-9-5-3-6-10-13)16(20)14-11-7-4-8-12-14/h3-12,16,20H,2H2,1H3,(H,19,21)/b18-15-/t16-/m1/s1. The molecular weight excluding hydrogens is 280 g/mol. The topological polar surface area (TPSA) is 70.9 Å². The summed E-state index contributed by atoms with van der Waals surface area (Å²) in [6.07, 6.45) is -1.61. The van der Waals surface area contributed by atoms with Crippen LogP contribution in [-0.4, -0.2) is 23.5 Å². The Bertz CT molecular complexity index is 627. The van der Waals surface area contributed by atoms with E-state index in [0.717, 1.165) is 5.56 Å². The normalized spacial score (nSPS) is 12.5. The van der Waals surface area contributed by atoms with Gasteiger partial charge in [-0.2, -0.15) is 5.10 Å². The number of nitrogens with zero attached hydrogens (tertiary/aromatic N) is 1. The summed E-state index contributed by atoms with van der Waals surface area (Å²) in [5.74, 6) is 0. The Balaban J connectivity index is 2.30. The maximum absolute atomic E-state index is 11.4. The Labute approximate surface area is 129 Å². The van der Waals surface area contributed by atoms with Crippen molar-refractivity contribution in [2.45, 2.75) is 13.0 Å². The van der Waals surface area contributed by atoms with E-state index in [0.29, 0.717) is 11.3 Å². The van der Waals surface area contributed by atoms with E-state index in [-0.39, 0.29) is 6.61 Å². The molecule has 0 aliphatic rings. The highest BCUT2D eigenvalue weighted by molar-refractivity contribution is 6.04. The SMILES string of the molecule is CCOC(=O)N/N=C(/c1ccccc1)[C@H](O)c1ccccc1. The van der Waals surface area contributed by atoms with Gasteiger partial charge in [-0.25, -0.2) is 10.2 Å². The lowest BCUT2D eigenvalue weighted by Crippen LogP contribution is -2.24. The predicted molar refractivity (Wildman–Crippen MR) is 84.5 cm³/mol. The zero-order chi connectivity index (χ0) is 15.8. The van der Waals surface area contributed by atoms with Crippen molar-refractivity contribution in [3.8, 4) is 0 Å². The van der Waals surface area contributed by atoms with Gasteiger partial charge in [0.2, 0.25) is 0 Å². The summed E-state index contributed by atoms with van der Waals surface area (Å²) in [6.45, 7) is 1.96. The first-order valence-electron chi connectivity index (χ1n) is 7.01. The highest BCUT2D eigenvalue weighted by Gasteiger charge is 2.17. The molecule has 0 bridgehead atoms. The largest absolute Gasteiger partial charge is 0.449 e. The number of ether oxygens (including phenoxy) is 1. The molecule has 5 nitrogen and oxygen atoms in total. The zero-order valence-electron chi connectivity index (χ0n) is 12.3. The van der Waals surface area contributed by atoms with Crippen LogP contribution in [0.4, 0.5) is 4.79 Å². The molecule has 0 saturated carbocycles. The fourth-order valence-corrected chi connectivity index (χ4v) is 1.95. The molecule has 1 atom stereocenters. The van der Waals surface area contributed by atoms with Gasteiger partial charge in [-0.05, 0) is 12.5 Å². The van der Waals surface area contributed by atoms with Crippen LogP contribution in [0, 0.1) is 0 Å². The molecule has 0 unspecified atom stereocenters. The van der Waals surface area contributed by atoms with Gasteiger partial charge in [0.25, 0.3) is 0 Å². The predicted octanol–water partition coefficient (Wildman–Crippen LogP) is 2.87. The third-order valence-electron chi connectivity index (χ3n) is 2.99. The minimum atomic E-state index is -0.953. The van der Waals surface area contributed by atoms with Gasteiger partial charge >= 0.3 is 6.09 Å². The number of rotatable bonds is 5. The average molecular weight is 298 g/mol. The molecule has 2 aromatic rings. The van der Waals surface area contributed by atoms with E-state index in [1.807, 2.05) is 48.5 Å². The van der Waals surface area contributed by atoms with Crippen molar-refractivity contribution in [1.29, 1.82) is 0 Å². The number of carbonyl (C=O) groups is 1. The minimum absolute atomic E-state index is 0.253. The first kappa shape index (κ1) is 15.7. The molecule has 0 aliphatic carbocycles. The quantitative estimate of drug-likeness (QED) is 0.658.